The number of carbonyl (C=O) groups is 2. The number of anilines is 2. The largest absolute Gasteiger partial charge is 0.345 e. The molecule has 0 saturated carbocycles. The van der Waals surface area contributed by atoms with E-state index in [-0.39, 0.29) is 23.2 Å². The minimum absolute atomic E-state index is 0.212. The zero-order valence-corrected chi connectivity index (χ0v) is 17.9. The maximum atomic E-state index is 12.8. The van der Waals surface area contributed by atoms with Gasteiger partial charge in [0.15, 0.2) is 0 Å². The molecule has 0 aliphatic carbocycles. The van der Waals surface area contributed by atoms with Crippen LogP contribution in [-0.2, 0) is 10.0 Å². The van der Waals surface area contributed by atoms with Gasteiger partial charge in [-0.05, 0) is 42.8 Å². The van der Waals surface area contributed by atoms with Crippen molar-refractivity contribution in [3.8, 4) is 0 Å². The van der Waals surface area contributed by atoms with Crippen LogP contribution in [0.3, 0.4) is 0 Å². The first-order valence-electron chi connectivity index (χ1n) is 9.57. The van der Waals surface area contributed by atoms with Crippen molar-refractivity contribution in [2.75, 3.05) is 16.3 Å². The van der Waals surface area contributed by atoms with Crippen LogP contribution in [0.1, 0.15) is 39.2 Å². The smallest absolute Gasteiger partial charge is 0.255 e. The molecule has 0 bridgehead atoms. The number of amides is 2. The summed E-state index contributed by atoms with van der Waals surface area (Å²) in [5.74, 6) is -0.784. The van der Waals surface area contributed by atoms with Crippen molar-refractivity contribution in [3.63, 3.8) is 0 Å². The summed E-state index contributed by atoms with van der Waals surface area (Å²) in [5, 5.41) is 5.67. The average molecular weight is 438 g/mol. The minimum atomic E-state index is -3.47. The van der Waals surface area contributed by atoms with Gasteiger partial charge in [0.25, 0.3) is 11.8 Å². The second-order valence-corrected chi connectivity index (χ2v) is 8.81. The fourth-order valence-electron chi connectivity index (χ4n) is 3.02. The van der Waals surface area contributed by atoms with E-state index >= 15 is 0 Å². The van der Waals surface area contributed by atoms with Gasteiger partial charge in [0.2, 0.25) is 10.0 Å². The van der Waals surface area contributed by atoms with Gasteiger partial charge in [0.1, 0.15) is 0 Å². The Kier molecular flexibility index (Phi) is 6.71. The van der Waals surface area contributed by atoms with Gasteiger partial charge in [-0.2, -0.15) is 0 Å². The highest BCUT2D eigenvalue weighted by molar-refractivity contribution is 7.92. The van der Waals surface area contributed by atoms with Crippen molar-refractivity contribution in [1.29, 1.82) is 0 Å². The molecule has 0 aliphatic heterocycles. The van der Waals surface area contributed by atoms with Gasteiger partial charge >= 0.3 is 0 Å². The molecule has 1 atom stereocenters. The Labute approximate surface area is 181 Å². The monoisotopic (exact) mass is 437 g/mol. The van der Waals surface area contributed by atoms with Gasteiger partial charge in [-0.3, -0.25) is 14.3 Å². The van der Waals surface area contributed by atoms with E-state index in [1.807, 2.05) is 37.3 Å². The summed E-state index contributed by atoms with van der Waals surface area (Å²) in [6, 6.07) is 22.2. The van der Waals surface area contributed by atoms with Crippen molar-refractivity contribution in [1.82, 2.24) is 5.32 Å². The average Bonchev–Trinajstić information content (AvgIpc) is 2.73. The van der Waals surface area contributed by atoms with E-state index in [1.165, 1.54) is 6.07 Å². The molecular formula is C23H23N3O4S. The minimum Gasteiger partial charge on any atom is -0.345 e. The number of rotatable bonds is 7. The fraction of sp³-hybridized carbons (Fsp3) is 0.130. The molecule has 2 amide bonds. The quantitative estimate of drug-likeness (QED) is 0.523. The van der Waals surface area contributed by atoms with Crippen LogP contribution in [0.25, 0.3) is 0 Å². The maximum absolute atomic E-state index is 12.8. The molecule has 7 nitrogen and oxygen atoms in total. The Morgan fingerprint density at radius 2 is 1.52 bits per heavy atom. The van der Waals surface area contributed by atoms with Crippen LogP contribution in [-0.4, -0.2) is 26.5 Å². The lowest BCUT2D eigenvalue weighted by Gasteiger charge is -2.16. The number of benzene rings is 3. The topological polar surface area (TPSA) is 104 Å². The van der Waals surface area contributed by atoms with Crippen molar-refractivity contribution >= 4 is 33.2 Å². The summed E-state index contributed by atoms with van der Waals surface area (Å²) in [6.45, 7) is 1.88. The van der Waals surface area contributed by atoms with Crippen LogP contribution in [0.5, 0.6) is 0 Å². The summed E-state index contributed by atoms with van der Waals surface area (Å²) in [5.41, 5.74) is 2.17. The normalized spacial score (nSPS) is 11.9. The third-order valence-corrected chi connectivity index (χ3v) is 5.10. The van der Waals surface area contributed by atoms with Crippen molar-refractivity contribution in [3.05, 3.63) is 95.6 Å². The van der Waals surface area contributed by atoms with E-state index in [9.17, 15) is 18.0 Å². The Balaban J connectivity index is 1.77. The van der Waals surface area contributed by atoms with Crippen molar-refractivity contribution in [2.24, 2.45) is 0 Å². The first-order chi connectivity index (χ1) is 14.7. The second-order valence-electron chi connectivity index (χ2n) is 7.06. The third kappa shape index (κ3) is 6.16. The van der Waals surface area contributed by atoms with Crippen LogP contribution in [0, 0.1) is 0 Å². The van der Waals surface area contributed by atoms with E-state index in [1.54, 1.807) is 42.5 Å². The summed E-state index contributed by atoms with van der Waals surface area (Å²) in [7, 11) is -3.47. The lowest BCUT2D eigenvalue weighted by Crippen LogP contribution is -2.28. The Morgan fingerprint density at radius 1 is 0.839 bits per heavy atom. The number of carbonyl (C=O) groups excluding carboxylic acids is 2. The summed E-state index contributed by atoms with van der Waals surface area (Å²) < 4.78 is 25.2. The predicted molar refractivity (Wildman–Crippen MR) is 122 cm³/mol. The van der Waals surface area contributed by atoms with E-state index in [0.29, 0.717) is 11.3 Å². The first-order valence-corrected chi connectivity index (χ1v) is 11.5. The van der Waals surface area contributed by atoms with Gasteiger partial charge in [-0.25, -0.2) is 8.42 Å². The first kappa shape index (κ1) is 22.0. The molecule has 0 unspecified atom stereocenters. The van der Waals surface area contributed by atoms with Gasteiger partial charge in [0, 0.05) is 11.3 Å². The van der Waals surface area contributed by atoms with Crippen LogP contribution in [0.2, 0.25) is 0 Å². The standard InChI is InChI=1S/C23H23N3O4S/c1-16(17-9-4-3-5-10-17)24-23(28)20-13-6-7-14-21(20)25-22(27)18-11-8-12-19(15-18)26-31(2,29)30/h3-16,26H,1-2H3,(H,24,28)(H,25,27)/t16-/m1/s1. The molecule has 31 heavy (non-hydrogen) atoms. The Hall–Kier alpha value is -3.65. The number of para-hydroxylation sites is 1. The van der Waals surface area contributed by atoms with Crippen LogP contribution < -0.4 is 15.4 Å². The van der Waals surface area contributed by atoms with Crippen LogP contribution in [0.15, 0.2) is 78.9 Å². The Bertz CT molecular complexity index is 1190. The molecule has 3 aromatic rings. The lowest BCUT2D eigenvalue weighted by atomic mass is 10.1. The highest BCUT2D eigenvalue weighted by Gasteiger charge is 2.17. The predicted octanol–water partition coefficient (Wildman–Crippen LogP) is 3.80. The van der Waals surface area contributed by atoms with Gasteiger partial charge < -0.3 is 10.6 Å². The van der Waals surface area contributed by atoms with Gasteiger partial charge in [-0.15, -0.1) is 0 Å². The van der Waals surface area contributed by atoms with E-state index < -0.39 is 15.9 Å². The molecular weight excluding hydrogens is 414 g/mol. The second kappa shape index (κ2) is 9.44. The molecule has 3 rings (SSSR count). The number of sulfonamides is 1. The molecule has 0 fully saturated rings. The molecule has 3 aromatic carbocycles. The Morgan fingerprint density at radius 3 is 2.23 bits per heavy atom. The summed E-state index contributed by atoms with van der Waals surface area (Å²) in [6.07, 6.45) is 1.03. The zero-order chi connectivity index (χ0) is 22.4. The van der Waals surface area contributed by atoms with Crippen LogP contribution >= 0.6 is 0 Å². The van der Waals surface area contributed by atoms with Crippen LogP contribution in [0.4, 0.5) is 11.4 Å². The van der Waals surface area contributed by atoms with Crippen molar-refractivity contribution < 1.29 is 18.0 Å². The third-order valence-electron chi connectivity index (χ3n) is 4.50. The molecule has 8 heteroatoms. The molecule has 160 valence electrons. The fourth-order valence-corrected chi connectivity index (χ4v) is 3.58. The molecule has 0 aliphatic rings. The van der Waals surface area contributed by atoms with E-state index in [0.717, 1.165) is 11.8 Å². The maximum Gasteiger partial charge on any atom is 0.255 e. The van der Waals surface area contributed by atoms with E-state index in [2.05, 4.69) is 15.4 Å². The molecule has 0 radical (unpaired) electrons. The summed E-state index contributed by atoms with van der Waals surface area (Å²) in [4.78, 5) is 25.6. The number of hydrogen-bond acceptors (Lipinski definition) is 4. The van der Waals surface area contributed by atoms with Crippen molar-refractivity contribution in [2.45, 2.75) is 13.0 Å². The molecule has 0 heterocycles. The van der Waals surface area contributed by atoms with Gasteiger partial charge in [0.05, 0.1) is 23.5 Å². The zero-order valence-electron chi connectivity index (χ0n) is 17.1. The van der Waals surface area contributed by atoms with Gasteiger partial charge in [-0.1, -0.05) is 48.5 Å². The van der Waals surface area contributed by atoms with E-state index in [4.69, 9.17) is 0 Å². The highest BCUT2D eigenvalue weighted by atomic mass is 32.2. The lowest BCUT2D eigenvalue weighted by molar-refractivity contribution is 0.0940. The highest BCUT2D eigenvalue weighted by Crippen LogP contribution is 2.20. The molecule has 0 saturated heterocycles. The number of nitrogens with one attached hydrogen (secondary N) is 3. The molecule has 0 spiro atoms. The summed E-state index contributed by atoms with van der Waals surface area (Å²) >= 11 is 0. The molecule has 0 aromatic heterocycles. The SMILES string of the molecule is C[C@@H](NC(=O)c1ccccc1NC(=O)c1cccc(NS(C)(=O)=O)c1)c1ccccc1. The number of hydrogen-bond donors (Lipinski definition) is 3. The molecule has 3 N–H and O–H groups in total.